The Morgan fingerprint density at radius 2 is 2.37 bits per heavy atom. The van der Waals surface area contributed by atoms with Gasteiger partial charge in [0.05, 0.1) is 6.20 Å². The summed E-state index contributed by atoms with van der Waals surface area (Å²) in [4.78, 5) is 6.60. The Labute approximate surface area is 114 Å². The van der Waals surface area contributed by atoms with Crippen molar-refractivity contribution in [1.82, 2.24) is 9.88 Å². The zero-order chi connectivity index (χ0) is 13.2. The third kappa shape index (κ3) is 2.90. The molecular weight excluding hydrogens is 240 g/mol. The van der Waals surface area contributed by atoms with Gasteiger partial charge in [0.15, 0.2) is 0 Å². The van der Waals surface area contributed by atoms with E-state index in [4.69, 9.17) is 9.84 Å². The number of aliphatic hydroxyl groups excluding tert-OH is 1. The van der Waals surface area contributed by atoms with Crippen molar-refractivity contribution in [2.45, 2.75) is 31.2 Å². The number of rotatable bonds is 6. The first kappa shape index (κ1) is 12.9. The molecule has 19 heavy (non-hydrogen) atoms. The molecule has 104 valence electrons. The van der Waals surface area contributed by atoms with E-state index in [0.717, 1.165) is 18.8 Å². The van der Waals surface area contributed by atoms with E-state index in [0.29, 0.717) is 24.5 Å². The summed E-state index contributed by atoms with van der Waals surface area (Å²) in [5.74, 6) is 2.10. The minimum Gasteiger partial charge on any atom is -0.490 e. The molecule has 3 rings (SSSR count). The van der Waals surface area contributed by atoms with E-state index in [1.807, 2.05) is 6.20 Å². The van der Waals surface area contributed by atoms with Crippen molar-refractivity contribution in [3.05, 3.63) is 24.0 Å². The summed E-state index contributed by atoms with van der Waals surface area (Å²) in [5.41, 5.74) is 1.26. The van der Waals surface area contributed by atoms with Gasteiger partial charge in [0.25, 0.3) is 0 Å². The molecule has 0 radical (unpaired) electrons. The molecule has 0 aromatic carbocycles. The van der Waals surface area contributed by atoms with Crippen LogP contribution in [0.25, 0.3) is 0 Å². The largest absolute Gasteiger partial charge is 0.490 e. The van der Waals surface area contributed by atoms with E-state index >= 15 is 0 Å². The lowest BCUT2D eigenvalue weighted by molar-refractivity contribution is 0.0767. The summed E-state index contributed by atoms with van der Waals surface area (Å²) in [7, 11) is 2.13. The Bertz CT molecular complexity index is 438. The standard InChI is InChI=1S/C15H22N2O2/c1-17-4-2-13(17)10-19-14-6-12(8-16-9-14)15-7-11(15)3-5-18/h6,8-9,11,13,15,18H,2-5,7,10H2,1H3. The van der Waals surface area contributed by atoms with Gasteiger partial charge in [-0.3, -0.25) is 9.88 Å². The lowest BCUT2D eigenvalue weighted by Gasteiger charge is -2.37. The SMILES string of the molecule is CN1CCC1COc1cncc(C2CC2CCO)c1. The molecule has 1 saturated heterocycles. The molecule has 1 aromatic rings. The first-order valence-electron chi connectivity index (χ1n) is 7.17. The minimum absolute atomic E-state index is 0.290. The monoisotopic (exact) mass is 262 g/mol. The summed E-state index contributed by atoms with van der Waals surface area (Å²) in [6.45, 7) is 2.22. The molecule has 0 spiro atoms. The van der Waals surface area contributed by atoms with E-state index in [9.17, 15) is 0 Å². The molecule has 0 amide bonds. The van der Waals surface area contributed by atoms with E-state index in [1.54, 1.807) is 6.20 Å². The zero-order valence-corrected chi connectivity index (χ0v) is 11.5. The number of nitrogens with zero attached hydrogens (tertiary/aromatic N) is 2. The van der Waals surface area contributed by atoms with Crippen LogP contribution < -0.4 is 4.74 Å². The van der Waals surface area contributed by atoms with Crippen LogP contribution in [0.1, 0.15) is 30.7 Å². The van der Waals surface area contributed by atoms with Crippen LogP contribution in [-0.2, 0) is 0 Å². The Morgan fingerprint density at radius 1 is 1.47 bits per heavy atom. The smallest absolute Gasteiger partial charge is 0.137 e. The number of aromatic nitrogens is 1. The highest BCUT2D eigenvalue weighted by Gasteiger charge is 2.37. The molecule has 1 aliphatic heterocycles. The molecular formula is C15H22N2O2. The van der Waals surface area contributed by atoms with Crippen molar-refractivity contribution in [3.63, 3.8) is 0 Å². The second-order valence-electron chi connectivity index (χ2n) is 5.80. The van der Waals surface area contributed by atoms with E-state index < -0.39 is 0 Å². The molecule has 3 unspecified atom stereocenters. The van der Waals surface area contributed by atoms with Gasteiger partial charge in [-0.2, -0.15) is 0 Å². The van der Waals surface area contributed by atoms with Gasteiger partial charge in [0.1, 0.15) is 12.4 Å². The highest BCUT2D eigenvalue weighted by molar-refractivity contribution is 5.30. The predicted molar refractivity (Wildman–Crippen MR) is 73.3 cm³/mol. The Kier molecular flexibility index (Phi) is 3.71. The van der Waals surface area contributed by atoms with Crippen LogP contribution in [0.4, 0.5) is 0 Å². The fourth-order valence-corrected chi connectivity index (χ4v) is 2.83. The number of hydrogen-bond donors (Lipinski definition) is 1. The fourth-order valence-electron chi connectivity index (χ4n) is 2.83. The lowest BCUT2D eigenvalue weighted by atomic mass is 10.1. The van der Waals surface area contributed by atoms with Crippen molar-refractivity contribution in [2.24, 2.45) is 5.92 Å². The van der Waals surface area contributed by atoms with Crippen LogP contribution >= 0.6 is 0 Å². The number of ether oxygens (including phenoxy) is 1. The third-order valence-electron chi connectivity index (χ3n) is 4.47. The topological polar surface area (TPSA) is 45.6 Å². The minimum atomic E-state index is 0.290. The lowest BCUT2D eigenvalue weighted by Crippen LogP contribution is -2.48. The fraction of sp³-hybridized carbons (Fsp3) is 0.667. The van der Waals surface area contributed by atoms with Crippen LogP contribution in [0, 0.1) is 5.92 Å². The van der Waals surface area contributed by atoms with Gasteiger partial charge in [-0.25, -0.2) is 0 Å². The van der Waals surface area contributed by atoms with E-state index in [-0.39, 0.29) is 0 Å². The van der Waals surface area contributed by atoms with Crippen LogP contribution in [-0.4, -0.2) is 47.8 Å². The summed E-state index contributed by atoms with van der Waals surface area (Å²) in [6.07, 6.45) is 7.04. The van der Waals surface area contributed by atoms with Gasteiger partial charge in [-0.15, -0.1) is 0 Å². The Balaban J connectivity index is 1.55. The van der Waals surface area contributed by atoms with Gasteiger partial charge in [-0.1, -0.05) is 0 Å². The van der Waals surface area contributed by atoms with Crippen LogP contribution in [0.5, 0.6) is 5.75 Å². The predicted octanol–water partition coefficient (Wildman–Crippen LogP) is 1.65. The third-order valence-corrected chi connectivity index (χ3v) is 4.47. The van der Waals surface area contributed by atoms with Crippen LogP contribution in [0.3, 0.4) is 0 Å². The molecule has 2 heterocycles. The number of likely N-dealkylation sites (N-methyl/N-ethyl adjacent to an activating group) is 1. The van der Waals surface area contributed by atoms with Crippen molar-refractivity contribution >= 4 is 0 Å². The summed E-state index contributed by atoms with van der Waals surface area (Å²) in [6, 6.07) is 2.68. The molecule has 0 bridgehead atoms. The van der Waals surface area contributed by atoms with E-state index in [1.165, 1.54) is 24.9 Å². The molecule has 1 saturated carbocycles. The van der Waals surface area contributed by atoms with Gasteiger partial charge in [0.2, 0.25) is 0 Å². The van der Waals surface area contributed by atoms with Crippen molar-refractivity contribution in [1.29, 1.82) is 0 Å². The summed E-state index contributed by atoms with van der Waals surface area (Å²) >= 11 is 0. The zero-order valence-electron chi connectivity index (χ0n) is 11.5. The van der Waals surface area contributed by atoms with Crippen molar-refractivity contribution in [2.75, 3.05) is 26.8 Å². The number of aliphatic hydroxyl groups is 1. The normalized spacial score (nSPS) is 29.9. The average molecular weight is 262 g/mol. The van der Waals surface area contributed by atoms with Crippen LogP contribution in [0.2, 0.25) is 0 Å². The second kappa shape index (κ2) is 5.47. The maximum atomic E-state index is 8.95. The first-order valence-corrected chi connectivity index (χ1v) is 7.17. The first-order chi connectivity index (χ1) is 9.28. The Hall–Kier alpha value is -1.13. The molecule has 2 aliphatic rings. The van der Waals surface area contributed by atoms with Crippen molar-refractivity contribution in [3.8, 4) is 5.75 Å². The molecule has 4 heteroatoms. The summed E-state index contributed by atoms with van der Waals surface area (Å²) < 4.78 is 5.84. The molecule has 1 N–H and O–H groups in total. The average Bonchev–Trinajstić information content (AvgIpc) is 3.17. The molecule has 1 aliphatic carbocycles. The molecule has 1 aromatic heterocycles. The second-order valence-corrected chi connectivity index (χ2v) is 5.80. The number of likely N-dealkylation sites (tertiary alicyclic amines) is 1. The van der Waals surface area contributed by atoms with Gasteiger partial charge in [0, 0.05) is 18.8 Å². The number of hydrogen-bond acceptors (Lipinski definition) is 4. The van der Waals surface area contributed by atoms with Gasteiger partial charge < -0.3 is 9.84 Å². The molecule has 4 nitrogen and oxygen atoms in total. The van der Waals surface area contributed by atoms with Crippen molar-refractivity contribution < 1.29 is 9.84 Å². The summed E-state index contributed by atoms with van der Waals surface area (Å²) in [5, 5.41) is 8.95. The molecule has 3 atom stereocenters. The van der Waals surface area contributed by atoms with Gasteiger partial charge >= 0.3 is 0 Å². The highest BCUT2D eigenvalue weighted by atomic mass is 16.5. The van der Waals surface area contributed by atoms with E-state index in [2.05, 4.69) is 23.0 Å². The molecule has 2 fully saturated rings. The maximum absolute atomic E-state index is 8.95. The van der Waals surface area contributed by atoms with Gasteiger partial charge in [-0.05, 0) is 56.3 Å². The number of pyridine rings is 1. The Morgan fingerprint density at radius 3 is 3.05 bits per heavy atom. The van der Waals surface area contributed by atoms with Crippen LogP contribution in [0.15, 0.2) is 18.5 Å². The highest BCUT2D eigenvalue weighted by Crippen LogP contribution is 2.49. The maximum Gasteiger partial charge on any atom is 0.137 e. The quantitative estimate of drug-likeness (QED) is 0.846.